The lowest BCUT2D eigenvalue weighted by molar-refractivity contribution is -0.127. The molecule has 0 atom stereocenters. The summed E-state index contributed by atoms with van der Waals surface area (Å²) < 4.78 is 22.5. The highest BCUT2D eigenvalue weighted by Crippen LogP contribution is 2.33. The lowest BCUT2D eigenvalue weighted by Gasteiger charge is -2.24. The molecule has 0 saturated heterocycles. The van der Waals surface area contributed by atoms with E-state index in [2.05, 4.69) is 35.2 Å². The van der Waals surface area contributed by atoms with Crippen LogP contribution in [0, 0.1) is 0 Å². The standard InChI is InChI=1S/C34H42N2O5/c1-5-40-32-22-28-16-20-36(34(37)24-29(28)23-33(32)41-6-2)18-10-17-35(25-27-11-8-7-9-12-27)19-15-26-13-14-30(38-3)31(21-26)39-4/h7-9,11-14,16,20-23H,5-6,10,15,17-19,24-25H2,1-4H3. The summed E-state index contributed by atoms with van der Waals surface area (Å²) in [4.78, 5) is 17.5. The third kappa shape index (κ3) is 8.27. The third-order valence-corrected chi connectivity index (χ3v) is 7.19. The van der Waals surface area contributed by atoms with E-state index >= 15 is 0 Å². The van der Waals surface area contributed by atoms with Gasteiger partial charge in [0, 0.05) is 32.4 Å². The molecule has 1 amide bonds. The lowest BCUT2D eigenvalue weighted by atomic mass is 10.0. The minimum atomic E-state index is 0.0894. The Morgan fingerprint density at radius 2 is 1.54 bits per heavy atom. The van der Waals surface area contributed by atoms with Crippen LogP contribution in [0.4, 0.5) is 0 Å². The van der Waals surface area contributed by atoms with Crippen LogP contribution < -0.4 is 18.9 Å². The van der Waals surface area contributed by atoms with Gasteiger partial charge < -0.3 is 23.8 Å². The van der Waals surface area contributed by atoms with Gasteiger partial charge in [0.25, 0.3) is 0 Å². The van der Waals surface area contributed by atoms with Crippen LogP contribution in [-0.4, -0.2) is 62.8 Å². The first-order valence-corrected chi connectivity index (χ1v) is 14.4. The monoisotopic (exact) mass is 558 g/mol. The van der Waals surface area contributed by atoms with Gasteiger partial charge in [0.1, 0.15) is 0 Å². The largest absolute Gasteiger partial charge is 0.493 e. The molecule has 7 heteroatoms. The smallest absolute Gasteiger partial charge is 0.230 e. The van der Waals surface area contributed by atoms with E-state index in [0.717, 1.165) is 55.1 Å². The number of nitrogens with zero attached hydrogens (tertiary/aromatic N) is 2. The summed E-state index contributed by atoms with van der Waals surface area (Å²) >= 11 is 0. The zero-order valence-electron chi connectivity index (χ0n) is 24.7. The molecule has 1 aliphatic rings. The van der Waals surface area contributed by atoms with E-state index in [4.69, 9.17) is 18.9 Å². The second kappa shape index (κ2) is 15.1. The van der Waals surface area contributed by atoms with E-state index in [9.17, 15) is 4.79 Å². The van der Waals surface area contributed by atoms with Crippen molar-refractivity contribution in [1.82, 2.24) is 9.80 Å². The molecular formula is C34H42N2O5. The van der Waals surface area contributed by atoms with Crippen LogP contribution in [0.5, 0.6) is 23.0 Å². The fourth-order valence-electron chi connectivity index (χ4n) is 5.08. The van der Waals surface area contributed by atoms with Crippen LogP contribution in [0.1, 0.15) is 42.5 Å². The number of hydrogen-bond donors (Lipinski definition) is 0. The summed E-state index contributed by atoms with van der Waals surface area (Å²) in [7, 11) is 3.31. The lowest BCUT2D eigenvalue weighted by Crippen LogP contribution is -2.32. The molecule has 4 rings (SSSR count). The van der Waals surface area contributed by atoms with Crippen LogP contribution in [0.15, 0.2) is 66.9 Å². The van der Waals surface area contributed by atoms with Gasteiger partial charge in [0.15, 0.2) is 23.0 Å². The average molecular weight is 559 g/mol. The predicted molar refractivity (Wildman–Crippen MR) is 163 cm³/mol. The van der Waals surface area contributed by atoms with Crippen LogP contribution in [0.3, 0.4) is 0 Å². The molecule has 0 N–H and O–H groups in total. The van der Waals surface area contributed by atoms with Crippen LogP contribution in [0.25, 0.3) is 6.08 Å². The van der Waals surface area contributed by atoms with Gasteiger partial charge in [0.05, 0.1) is 33.9 Å². The molecule has 0 spiro atoms. The number of rotatable bonds is 15. The molecule has 3 aromatic rings. The van der Waals surface area contributed by atoms with Gasteiger partial charge in [-0.3, -0.25) is 9.69 Å². The maximum absolute atomic E-state index is 13.2. The maximum atomic E-state index is 13.2. The van der Waals surface area contributed by atoms with Gasteiger partial charge in [-0.15, -0.1) is 0 Å². The van der Waals surface area contributed by atoms with Gasteiger partial charge in [0.2, 0.25) is 5.91 Å². The van der Waals surface area contributed by atoms with Gasteiger partial charge in [-0.1, -0.05) is 36.4 Å². The SMILES string of the molecule is CCOc1cc2c(cc1OCC)CC(=O)N(CCCN(CCc1ccc(OC)c(OC)c1)Cc1ccccc1)C=C2. The predicted octanol–water partition coefficient (Wildman–Crippen LogP) is 5.99. The zero-order chi connectivity index (χ0) is 29.0. The van der Waals surface area contributed by atoms with Gasteiger partial charge in [-0.05, 0) is 79.3 Å². The Kier molecular flexibility index (Phi) is 11.1. The summed E-state index contributed by atoms with van der Waals surface area (Å²) in [5, 5.41) is 0. The highest BCUT2D eigenvalue weighted by atomic mass is 16.5. The van der Waals surface area contributed by atoms with Crippen molar-refractivity contribution in [2.45, 2.75) is 39.7 Å². The Bertz CT molecular complexity index is 1310. The normalized spacial score (nSPS) is 12.7. The number of carbonyl (C=O) groups is 1. The summed E-state index contributed by atoms with van der Waals surface area (Å²) in [6.45, 7) is 8.26. The van der Waals surface area contributed by atoms with Crippen molar-refractivity contribution in [1.29, 1.82) is 0 Å². The van der Waals surface area contributed by atoms with Crippen molar-refractivity contribution in [2.24, 2.45) is 0 Å². The highest BCUT2D eigenvalue weighted by molar-refractivity contribution is 5.84. The fraction of sp³-hybridized carbons (Fsp3) is 0.382. The minimum Gasteiger partial charge on any atom is -0.493 e. The van der Waals surface area contributed by atoms with E-state index in [1.54, 1.807) is 14.2 Å². The summed E-state index contributed by atoms with van der Waals surface area (Å²) in [5.41, 5.74) is 4.42. The first-order valence-electron chi connectivity index (χ1n) is 14.4. The Hall–Kier alpha value is -3.97. The Morgan fingerprint density at radius 3 is 2.24 bits per heavy atom. The second-order valence-corrected chi connectivity index (χ2v) is 10.00. The Balaban J connectivity index is 1.40. The van der Waals surface area contributed by atoms with Crippen LogP contribution in [0.2, 0.25) is 0 Å². The third-order valence-electron chi connectivity index (χ3n) is 7.19. The molecule has 1 heterocycles. The number of benzene rings is 3. The van der Waals surface area contributed by atoms with Gasteiger partial charge in [-0.25, -0.2) is 0 Å². The number of ether oxygens (including phenoxy) is 4. The van der Waals surface area contributed by atoms with Gasteiger partial charge >= 0.3 is 0 Å². The van der Waals surface area contributed by atoms with Gasteiger partial charge in [-0.2, -0.15) is 0 Å². The number of carbonyl (C=O) groups excluding carboxylic acids is 1. The maximum Gasteiger partial charge on any atom is 0.230 e. The Morgan fingerprint density at radius 1 is 0.805 bits per heavy atom. The molecule has 0 bridgehead atoms. The van der Waals surface area contributed by atoms with Crippen molar-refractivity contribution < 1.29 is 23.7 Å². The summed E-state index contributed by atoms with van der Waals surface area (Å²) in [6, 6.07) is 20.5. The molecule has 0 saturated carbocycles. The van der Waals surface area contributed by atoms with E-state index < -0.39 is 0 Å². The molecule has 7 nitrogen and oxygen atoms in total. The van der Waals surface area contributed by atoms with E-state index in [-0.39, 0.29) is 5.91 Å². The molecule has 0 radical (unpaired) electrons. The molecule has 3 aromatic carbocycles. The summed E-state index contributed by atoms with van der Waals surface area (Å²) in [6.07, 6.45) is 6.00. The second-order valence-electron chi connectivity index (χ2n) is 10.00. The van der Waals surface area contributed by atoms with E-state index in [0.29, 0.717) is 37.7 Å². The molecule has 0 fully saturated rings. The van der Waals surface area contributed by atoms with Crippen LogP contribution >= 0.6 is 0 Å². The van der Waals surface area contributed by atoms with Crippen molar-refractivity contribution in [3.8, 4) is 23.0 Å². The number of fused-ring (bicyclic) bond motifs is 1. The molecule has 218 valence electrons. The van der Waals surface area contributed by atoms with Crippen LogP contribution in [-0.2, 0) is 24.2 Å². The van der Waals surface area contributed by atoms with Crippen molar-refractivity contribution >= 4 is 12.0 Å². The number of hydrogen-bond acceptors (Lipinski definition) is 6. The minimum absolute atomic E-state index is 0.0894. The van der Waals surface area contributed by atoms with Crippen molar-refractivity contribution in [3.63, 3.8) is 0 Å². The molecule has 41 heavy (non-hydrogen) atoms. The van der Waals surface area contributed by atoms with E-state index in [1.165, 1.54) is 11.1 Å². The average Bonchev–Trinajstić information content (AvgIpc) is 3.14. The molecule has 0 aliphatic carbocycles. The molecule has 0 unspecified atom stereocenters. The Labute approximate surface area is 244 Å². The molecule has 0 aromatic heterocycles. The number of methoxy groups -OCH3 is 2. The molecular weight excluding hydrogens is 516 g/mol. The van der Waals surface area contributed by atoms with E-state index in [1.807, 2.05) is 61.4 Å². The van der Waals surface area contributed by atoms with Crippen molar-refractivity contribution in [2.75, 3.05) is 47.1 Å². The topological polar surface area (TPSA) is 60.5 Å². The summed E-state index contributed by atoms with van der Waals surface area (Å²) in [5.74, 6) is 2.97. The first-order chi connectivity index (χ1) is 20.0. The number of amides is 1. The highest BCUT2D eigenvalue weighted by Gasteiger charge is 2.20. The van der Waals surface area contributed by atoms with Crippen molar-refractivity contribution in [3.05, 3.63) is 89.1 Å². The first kappa shape index (κ1) is 30.0. The zero-order valence-corrected chi connectivity index (χ0v) is 24.7. The molecule has 1 aliphatic heterocycles. The fourth-order valence-corrected chi connectivity index (χ4v) is 5.08. The quantitative estimate of drug-likeness (QED) is 0.228.